The van der Waals surface area contributed by atoms with Crippen molar-refractivity contribution >= 4 is 5.91 Å². The molecular formula is C18H33N3O. The van der Waals surface area contributed by atoms with Crippen LogP contribution in [0.1, 0.15) is 58.8 Å². The van der Waals surface area contributed by atoms with E-state index in [0.717, 1.165) is 32.6 Å². The molecule has 1 saturated carbocycles. The van der Waals surface area contributed by atoms with Crippen LogP contribution < -0.4 is 10.6 Å². The van der Waals surface area contributed by atoms with E-state index in [1.807, 2.05) is 0 Å². The Kier molecular flexibility index (Phi) is 5.08. The van der Waals surface area contributed by atoms with E-state index in [1.165, 1.54) is 38.5 Å². The molecule has 2 heterocycles. The fraction of sp³-hybridized carbons (Fsp3) is 0.944. The largest absolute Gasteiger partial charge is 0.354 e. The van der Waals surface area contributed by atoms with Crippen molar-refractivity contribution in [3.05, 3.63) is 0 Å². The van der Waals surface area contributed by atoms with E-state index < -0.39 is 0 Å². The molecule has 4 atom stereocenters. The summed E-state index contributed by atoms with van der Waals surface area (Å²) >= 11 is 0. The molecule has 4 heteroatoms. The predicted octanol–water partition coefficient (Wildman–Crippen LogP) is 2.15. The Morgan fingerprint density at radius 1 is 1.18 bits per heavy atom. The third kappa shape index (κ3) is 3.05. The average Bonchev–Trinajstić information content (AvgIpc) is 2.95. The lowest BCUT2D eigenvalue weighted by Crippen LogP contribution is -2.51. The van der Waals surface area contributed by atoms with Crippen LogP contribution in [0.3, 0.4) is 0 Å². The summed E-state index contributed by atoms with van der Waals surface area (Å²) < 4.78 is 0. The van der Waals surface area contributed by atoms with Crippen LogP contribution in [0.15, 0.2) is 0 Å². The van der Waals surface area contributed by atoms with Gasteiger partial charge in [-0.2, -0.15) is 0 Å². The lowest BCUT2D eigenvalue weighted by Gasteiger charge is -2.40. The minimum atomic E-state index is -0.0998. The van der Waals surface area contributed by atoms with Crippen LogP contribution in [0.5, 0.6) is 0 Å². The van der Waals surface area contributed by atoms with Crippen LogP contribution in [-0.2, 0) is 4.79 Å². The second kappa shape index (κ2) is 6.88. The number of piperidine rings is 1. The second-order valence-corrected chi connectivity index (χ2v) is 7.85. The highest BCUT2D eigenvalue weighted by atomic mass is 16.2. The number of nitrogens with one attached hydrogen (secondary N) is 2. The lowest BCUT2D eigenvalue weighted by molar-refractivity contribution is -0.134. The molecule has 0 aromatic heterocycles. The van der Waals surface area contributed by atoms with E-state index in [1.54, 1.807) is 0 Å². The zero-order valence-electron chi connectivity index (χ0n) is 14.4. The molecule has 0 aromatic carbocycles. The minimum absolute atomic E-state index is 0.0998. The SMILES string of the molecule is CC1CCCC(C)N1CCNC(=O)[C@@]12CCCC[C@H]1CNC2. The summed E-state index contributed by atoms with van der Waals surface area (Å²) in [7, 11) is 0. The molecular weight excluding hydrogens is 274 g/mol. The normalized spacial score (nSPS) is 39.5. The van der Waals surface area contributed by atoms with Gasteiger partial charge in [-0.05, 0) is 52.0 Å². The van der Waals surface area contributed by atoms with Gasteiger partial charge in [0.25, 0.3) is 0 Å². The van der Waals surface area contributed by atoms with Gasteiger partial charge >= 0.3 is 0 Å². The highest BCUT2D eigenvalue weighted by molar-refractivity contribution is 5.83. The summed E-state index contributed by atoms with van der Waals surface area (Å²) in [5.41, 5.74) is -0.0998. The fourth-order valence-electron chi connectivity index (χ4n) is 5.08. The summed E-state index contributed by atoms with van der Waals surface area (Å²) in [4.78, 5) is 15.4. The third-order valence-electron chi connectivity index (χ3n) is 6.52. The highest BCUT2D eigenvalue weighted by Gasteiger charge is 2.49. The topological polar surface area (TPSA) is 44.4 Å². The first kappa shape index (κ1) is 16.3. The number of fused-ring (bicyclic) bond motifs is 1. The van der Waals surface area contributed by atoms with Crippen LogP contribution >= 0.6 is 0 Å². The Labute approximate surface area is 135 Å². The van der Waals surface area contributed by atoms with Crippen molar-refractivity contribution in [1.29, 1.82) is 0 Å². The number of amides is 1. The maximum absolute atomic E-state index is 12.8. The molecule has 3 fully saturated rings. The van der Waals surface area contributed by atoms with Crippen molar-refractivity contribution in [2.45, 2.75) is 70.9 Å². The van der Waals surface area contributed by atoms with Gasteiger partial charge in [0.15, 0.2) is 0 Å². The van der Waals surface area contributed by atoms with Gasteiger partial charge in [-0.25, -0.2) is 0 Å². The van der Waals surface area contributed by atoms with E-state index in [0.29, 0.717) is 23.9 Å². The summed E-state index contributed by atoms with van der Waals surface area (Å²) in [6, 6.07) is 1.32. The Morgan fingerprint density at radius 2 is 1.95 bits per heavy atom. The predicted molar refractivity (Wildman–Crippen MR) is 89.8 cm³/mol. The summed E-state index contributed by atoms with van der Waals surface area (Å²) in [6.45, 7) is 8.39. The van der Waals surface area contributed by atoms with Crippen molar-refractivity contribution < 1.29 is 4.79 Å². The molecule has 1 aliphatic carbocycles. The van der Waals surface area contributed by atoms with Crippen molar-refractivity contribution in [3.63, 3.8) is 0 Å². The number of carbonyl (C=O) groups is 1. The number of carbonyl (C=O) groups excluding carboxylic acids is 1. The molecule has 3 aliphatic rings. The molecule has 1 amide bonds. The molecule has 2 N–H and O–H groups in total. The molecule has 2 saturated heterocycles. The van der Waals surface area contributed by atoms with Crippen molar-refractivity contribution in [2.24, 2.45) is 11.3 Å². The quantitative estimate of drug-likeness (QED) is 0.836. The molecule has 2 unspecified atom stereocenters. The van der Waals surface area contributed by atoms with Crippen LogP contribution in [0.25, 0.3) is 0 Å². The van der Waals surface area contributed by atoms with Crippen molar-refractivity contribution in [2.75, 3.05) is 26.2 Å². The average molecular weight is 307 g/mol. The fourth-order valence-corrected chi connectivity index (χ4v) is 5.08. The Morgan fingerprint density at radius 3 is 2.73 bits per heavy atom. The standard InChI is InChI=1S/C18H33N3O/c1-14-6-5-7-15(2)21(14)11-10-20-17(22)18-9-4-3-8-16(18)12-19-13-18/h14-16,19H,3-13H2,1-2H3,(H,20,22)/t14?,15?,16-,18+/m0/s1. The highest BCUT2D eigenvalue weighted by Crippen LogP contribution is 2.43. The van der Waals surface area contributed by atoms with Gasteiger partial charge in [-0.15, -0.1) is 0 Å². The molecule has 0 aromatic rings. The second-order valence-electron chi connectivity index (χ2n) is 7.85. The van der Waals surface area contributed by atoms with Crippen molar-refractivity contribution in [3.8, 4) is 0 Å². The molecule has 0 spiro atoms. The number of nitrogens with zero attached hydrogens (tertiary/aromatic N) is 1. The zero-order valence-corrected chi connectivity index (χ0v) is 14.4. The van der Waals surface area contributed by atoms with Gasteiger partial charge in [-0.1, -0.05) is 19.3 Å². The molecule has 3 rings (SSSR count). The van der Waals surface area contributed by atoms with E-state index >= 15 is 0 Å². The summed E-state index contributed by atoms with van der Waals surface area (Å²) in [6.07, 6.45) is 8.76. The molecule has 22 heavy (non-hydrogen) atoms. The van der Waals surface area contributed by atoms with Crippen LogP contribution in [0.2, 0.25) is 0 Å². The van der Waals surface area contributed by atoms with Gasteiger partial charge in [0.1, 0.15) is 0 Å². The zero-order chi connectivity index (χ0) is 15.6. The van der Waals surface area contributed by atoms with Gasteiger partial charge in [0, 0.05) is 31.7 Å². The van der Waals surface area contributed by atoms with E-state index in [4.69, 9.17) is 0 Å². The molecule has 0 radical (unpaired) electrons. The molecule has 0 bridgehead atoms. The maximum Gasteiger partial charge on any atom is 0.227 e. The molecule has 4 nitrogen and oxygen atoms in total. The number of hydrogen-bond donors (Lipinski definition) is 2. The van der Waals surface area contributed by atoms with Crippen LogP contribution in [0, 0.1) is 11.3 Å². The number of likely N-dealkylation sites (tertiary alicyclic amines) is 1. The number of rotatable bonds is 4. The van der Waals surface area contributed by atoms with Gasteiger partial charge in [0.2, 0.25) is 5.91 Å². The smallest absolute Gasteiger partial charge is 0.227 e. The lowest BCUT2D eigenvalue weighted by atomic mass is 9.67. The Balaban J connectivity index is 1.51. The molecule has 126 valence electrons. The number of hydrogen-bond acceptors (Lipinski definition) is 3. The first-order valence-corrected chi connectivity index (χ1v) is 9.38. The van der Waals surface area contributed by atoms with Crippen LogP contribution in [0.4, 0.5) is 0 Å². The first-order chi connectivity index (χ1) is 10.6. The maximum atomic E-state index is 12.8. The van der Waals surface area contributed by atoms with E-state index in [-0.39, 0.29) is 5.41 Å². The van der Waals surface area contributed by atoms with E-state index in [9.17, 15) is 4.79 Å². The van der Waals surface area contributed by atoms with Crippen molar-refractivity contribution in [1.82, 2.24) is 15.5 Å². The minimum Gasteiger partial charge on any atom is -0.354 e. The Hall–Kier alpha value is -0.610. The third-order valence-corrected chi connectivity index (χ3v) is 6.52. The first-order valence-electron chi connectivity index (χ1n) is 9.38. The monoisotopic (exact) mass is 307 g/mol. The van der Waals surface area contributed by atoms with Crippen LogP contribution in [-0.4, -0.2) is 49.1 Å². The summed E-state index contributed by atoms with van der Waals surface area (Å²) in [5, 5.41) is 6.75. The summed E-state index contributed by atoms with van der Waals surface area (Å²) in [5.74, 6) is 0.883. The van der Waals surface area contributed by atoms with E-state index in [2.05, 4.69) is 29.4 Å². The Bertz CT molecular complexity index is 390. The van der Waals surface area contributed by atoms with Gasteiger partial charge < -0.3 is 10.6 Å². The van der Waals surface area contributed by atoms with Gasteiger partial charge in [-0.3, -0.25) is 9.69 Å². The molecule has 2 aliphatic heterocycles. The van der Waals surface area contributed by atoms with Gasteiger partial charge in [0.05, 0.1) is 5.41 Å².